The summed E-state index contributed by atoms with van der Waals surface area (Å²) in [6.45, 7) is 7.22. The van der Waals surface area contributed by atoms with Crippen LogP contribution in [-0.4, -0.2) is 27.6 Å². The number of hydrogen-bond acceptors (Lipinski definition) is 6. The number of hydrogen-bond donors (Lipinski definition) is 2. The average Bonchev–Trinajstić information content (AvgIpc) is 2.93. The Morgan fingerprint density at radius 3 is 2.52 bits per heavy atom. The fourth-order valence-electron chi connectivity index (χ4n) is 2.52. The summed E-state index contributed by atoms with van der Waals surface area (Å²) in [6.07, 6.45) is -0.556. The highest BCUT2D eigenvalue weighted by Gasteiger charge is 2.18. The Morgan fingerprint density at radius 1 is 1.15 bits per heavy atom. The minimum Gasteiger partial charge on any atom is -0.444 e. The van der Waals surface area contributed by atoms with Gasteiger partial charge in [-0.2, -0.15) is 0 Å². The topological polar surface area (TPSA) is 107 Å². The SMILES string of the molecule is Cc1cc(-c2ccc3nc(NC(=O)OC(C)(C)C)sc3n2)ccc1C(N)=O. The Morgan fingerprint density at radius 2 is 1.89 bits per heavy atom. The number of aromatic nitrogens is 2. The minimum atomic E-state index is -0.582. The molecule has 0 bridgehead atoms. The summed E-state index contributed by atoms with van der Waals surface area (Å²) in [4.78, 5) is 32.9. The number of rotatable bonds is 3. The van der Waals surface area contributed by atoms with Gasteiger partial charge in [0.2, 0.25) is 5.91 Å². The van der Waals surface area contributed by atoms with Crippen molar-refractivity contribution in [1.82, 2.24) is 9.97 Å². The van der Waals surface area contributed by atoms with Crippen molar-refractivity contribution < 1.29 is 14.3 Å². The van der Waals surface area contributed by atoms with Crippen molar-refractivity contribution in [1.29, 1.82) is 0 Å². The minimum absolute atomic E-state index is 0.421. The first-order valence-corrected chi connectivity index (χ1v) is 9.12. The van der Waals surface area contributed by atoms with Crippen molar-refractivity contribution in [2.45, 2.75) is 33.3 Å². The van der Waals surface area contributed by atoms with E-state index >= 15 is 0 Å². The summed E-state index contributed by atoms with van der Waals surface area (Å²) < 4.78 is 5.23. The predicted molar refractivity (Wildman–Crippen MR) is 106 cm³/mol. The molecule has 1 aromatic carbocycles. The van der Waals surface area contributed by atoms with Crippen LogP contribution in [0.1, 0.15) is 36.7 Å². The Hall–Kier alpha value is -3.00. The molecule has 3 rings (SSSR count). The molecule has 140 valence electrons. The molecule has 0 aliphatic carbocycles. The summed E-state index contributed by atoms with van der Waals surface area (Å²) in [7, 11) is 0. The molecule has 2 aromatic heterocycles. The average molecular weight is 384 g/mol. The lowest BCUT2D eigenvalue weighted by atomic mass is 10.0. The van der Waals surface area contributed by atoms with Gasteiger partial charge in [-0.3, -0.25) is 10.1 Å². The molecule has 0 radical (unpaired) electrons. The number of nitrogens with zero attached hydrogens (tertiary/aromatic N) is 2. The Bertz CT molecular complexity index is 1040. The number of fused-ring (bicyclic) bond motifs is 1. The third-order valence-electron chi connectivity index (χ3n) is 3.65. The van der Waals surface area contributed by atoms with Gasteiger partial charge in [-0.15, -0.1) is 0 Å². The number of nitrogens with one attached hydrogen (secondary N) is 1. The summed E-state index contributed by atoms with van der Waals surface area (Å²) >= 11 is 1.26. The summed E-state index contributed by atoms with van der Waals surface area (Å²) in [5, 5.41) is 3.05. The lowest BCUT2D eigenvalue weighted by Gasteiger charge is -2.18. The number of ether oxygens (including phenoxy) is 1. The van der Waals surface area contributed by atoms with Crippen molar-refractivity contribution in [2.75, 3.05) is 5.32 Å². The second-order valence-electron chi connectivity index (χ2n) is 7.06. The van der Waals surface area contributed by atoms with Crippen LogP contribution in [0.5, 0.6) is 0 Å². The van der Waals surface area contributed by atoms with E-state index in [2.05, 4.69) is 15.3 Å². The number of carbonyl (C=O) groups excluding carboxylic acids is 2. The zero-order valence-corrected chi connectivity index (χ0v) is 16.3. The molecule has 0 saturated heterocycles. The van der Waals surface area contributed by atoms with Gasteiger partial charge in [-0.25, -0.2) is 14.8 Å². The van der Waals surface area contributed by atoms with Crippen LogP contribution in [0.3, 0.4) is 0 Å². The van der Waals surface area contributed by atoms with Gasteiger partial charge in [0, 0.05) is 11.1 Å². The fourth-order valence-corrected chi connectivity index (χ4v) is 3.35. The van der Waals surface area contributed by atoms with Gasteiger partial charge in [0.15, 0.2) is 5.13 Å². The smallest absolute Gasteiger partial charge is 0.413 e. The van der Waals surface area contributed by atoms with Gasteiger partial charge in [-0.05, 0) is 57.5 Å². The fraction of sp³-hybridized carbons (Fsp3) is 0.263. The molecule has 3 N–H and O–H groups in total. The number of aryl methyl sites for hydroxylation is 1. The zero-order chi connectivity index (χ0) is 19.8. The lowest BCUT2D eigenvalue weighted by Crippen LogP contribution is -2.27. The van der Waals surface area contributed by atoms with Crippen molar-refractivity contribution >= 4 is 38.8 Å². The molecule has 2 amide bonds. The van der Waals surface area contributed by atoms with Gasteiger partial charge in [-0.1, -0.05) is 17.4 Å². The largest absolute Gasteiger partial charge is 0.444 e. The van der Waals surface area contributed by atoms with E-state index in [-0.39, 0.29) is 0 Å². The van der Waals surface area contributed by atoms with Crippen molar-refractivity contribution in [3.8, 4) is 11.3 Å². The van der Waals surface area contributed by atoms with Crippen LogP contribution in [-0.2, 0) is 4.74 Å². The highest BCUT2D eigenvalue weighted by Crippen LogP contribution is 2.28. The van der Waals surface area contributed by atoms with Crippen LogP contribution in [0.25, 0.3) is 21.6 Å². The van der Waals surface area contributed by atoms with Crippen LogP contribution in [0, 0.1) is 6.92 Å². The Balaban J connectivity index is 1.87. The van der Waals surface area contributed by atoms with Crippen molar-refractivity contribution in [3.63, 3.8) is 0 Å². The third-order valence-corrected chi connectivity index (χ3v) is 4.53. The van der Waals surface area contributed by atoms with Gasteiger partial charge in [0.25, 0.3) is 0 Å². The molecule has 0 saturated carbocycles. The number of pyridine rings is 1. The first-order chi connectivity index (χ1) is 12.6. The number of primary amides is 1. The summed E-state index contributed by atoms with van der Waals surface area (Å²) in [5.41, 5.74) is 8.34. The standard InChI is InChI=1S/C19H20N4O3S/c1-10-9-11(5-6-12(10)15(20)24)13-7-8-14-16(21-13)27-17(22-14)23-18(25)26-19(2,3)4/h5-9H,1-4H3,(H2,20,24)(H,22,23,25). The predicted octanol–water partition coefficient (Wildman–Crippen LogP) is 4.11. The molecule has 0 atom stereocenters. The van der Waals surface area contributed by atoms with E-state index in [0.717, 1.165) is 16.8 Å². The van der Waals surface area contributed by atoms with E-state index in [1.54, 1.807) is 26.8 Å². The maximum atomic E-state index is 11.9. The van der Waals surface area contributed by atoms with Crippen LogP contribution >= 0.6 is 11.3 Å². The molecule has 0 aliphatic rings. The number of thiazole rings is 1. The Kier molecular flexibility index (Phi) is 4.84. The van der Waals surface area contributed by atoms with E-state index < -0.39 is 17.6 Å². The first kappa shape index (κ1) is 18.8. The van der Waals surface area contributed by atoms with Crippen LogP contribution in [0.4, 0.5) is 9.93 Å². The molecular formula is C19H20N4O3S. The van der Waals surface area contributed by atoms with E-state index in [1.807, 2.05) is 31.2 Å². The normalized spacial score (nSPS) is 11.4. The number of nitrogens with two attached hydrogens (primary N) is 1. The van der Waals surface area contributed by atoms with E-state index in [0.29, 0.717) is 21.0 Å². The molecule has 0 spiro atoms. The molecule has 8 heteroatoms. The van der Waals surface area contributed by atoms with E-state index in [9.17, 15) is 9.59 Å². The zero-order valence-electron chi connectivity index (χ0n) is 15.5. The lowest BCUT2D eigenvalue weighted by molar-refractivity contribution is 0.0635. The highest BCUT2D eigenvalue weighted by molar-refractivity contribution is 7.21. The van der Waals surface area contributed by atoms with Crippen molar-refractivity contribution in [3.05, 3.63) is 41.5 Å². The van der Waals surface area contributed by atoms with Gasteiger partial charge < -0.3 is 10.5 Å². The first-order valence-electron chi connectivity index (χ1n) is 8.31. The molecule has 2 heterocycles. The maximum Gasteiger partial charge on any atom is 0.413 e. The van der Waals surface area contributed by atoms with E-state index in [1.165, 1.54) is 11.3 Å². The second-order valence-corrected chi connectivity index (χ2v) is 8.04. The van der Waals surface area contributed by atoms with Crippen LogP contribution in [0.15, 0.2) is 30.3 Å². The Labute approximate surface area is 160 Å². The number of amides is 2. The quantitative estimate of drug-likeness (QED) is 0.706. The number of anilines is 1. The highest BCUT2D eigenvalue weighted by atomic mass is 32.1. The molecule has 3 aromatic rings. The molecule has 0 aliphatic heterocycles. The molecule has 0 fully saturated rings. The van der Waals surface area contributed by atoms with Gasteiger partial charge in [0.05, 0.1) is 5.69 Å². The number of benzene rings is 1. The third kappa shape index (κ3) is 4.40. The maximum absolute atomic E-state index is 11.9. The van der Waals surface area contributed by atoms with Crippen molar-refractivity contribution in [2.24, 2.45) is 5.73 Å². The van der Waals surface area contributed by atoms with Gasteiger partial charge >= 0.3 is 6.09 Å². The molecular weight excluding hydrogens is 364 g/mol. The van der Waals surface area contributed by atoms with Crippen LogP contribution < -0.4 is 11.1 Å². The molecule has 7 nitrogen and oxygen atoms in total. The molecule has 27 heavy (non-hydrogen) atoms. The summed E-state index contributed by atoms with van der Waals surface area (Å²) in [5.74, 6) is -0.456. The van der Waals surface area contributed by atoms with E-state index in [4.69, 9.17) is 10.5 Å². The molecule has 0 unspecified atom stereocenters. The monoisotopic (exact) mass is 384 g/mol. The number of carbonyl (C=O) groups is 2. The summed E-state index contributed by atoms with van der Waals surface area (Å²) in [6, 6.07) is 9.06. The second kappa shape index (κ2) is 6.96. The van der Waals surface area contributed by atoms with Crippen LogP contribution in [0.2, 0.25) is 0 Å². The van der Waals surface area contributed by atoms with Gasteiger partial charge in [0.1, 0.15) is 15.9 Å².